The average Bonchev–Trinajstić information content (AvgIpc) is 2.75. The molecule has 1 aliphatic rings. The van der Waals surface area contributed by atoms with E-state index in [0.717, 1.165) is 19.4 Å². The standard InChI is InChI=1S/C14H24N2S/c1-12(11-13-5-3-10-17-13)16(2)9-8-14(15)6-4-7-14/h3,5,10,12H,4,6-9,11,15H2,1-2H3. The molecule has 0 amide bonds. The molecule has 1 aromatic heterocycles. The van der Waals surface area contributed by atoms with Crippen LogP contribution in [0.25, 0.3) is 0 Å². The molecule has 1 aliphatic carbocycles. The van der Waals surface area contributed by atoms with Crippen molar-refractivity contribution >= 4 is 11.3 Å². The largest absolute Gasteiger partial charge is 0.325 e. The number of rotatable bonds is 6. The molecule has 1 saturated carbocycles. The zero-order chi connectivity index (χ0) is 12.3. The molecule has 3 heteroatoms. The number of nitrogens with two attached hydrogens (primary N) is 1. The Labute approximate surface area is 109 Å². The number of hydrogen-bond acceptors (Lipinski definition) is 3. The predicted molar refractivity (Wildman–Crippen MR) is 75.5 cm³/mol. The van der Waals surface area contributed by atoms with Crippen molar-refractivity contribution in [3.8, 4) is 0 Å². The molecule has 1 unspecified atom stereocenters. The predicted octanol–water partition coefficient (Wildman–Crippen LogP) is 2.88. The van der Waals surface area contributed by atoms with Crippen LogP contribution in [-0.4, -0.2) is 30.1 Å². The van der Waals surface area contributed by atoms with Gasteiger partial charge < -0.3 is 10.6 Å². The fourth-order valence-electron chi connectivity index (χ4n) is 2.38. The van der Waals surface area contributed by atoms with Crippen molar-refractivity contribution in [3.63, 3.8) is 0 Å². The molecule has 1 atom stereocenters. The fraction of sp³-hybridized carbons (Fsp3) is 0.714. The lowest BCUT2D eigenvalue weighted by Gasteiger charge is -2.40. The van der Waals surface area contributed by atoms with Gasteiger partial charge in [-0.1, -0.05) is 6.07 Å². The Morgan fingerprint density at radius 1 is 1.53 bits per heavy atom. The number of hydrogen-bond donors (Lipinski definition) is 1. The lowest BCUT2D eigenvalue weighted by Crippen LogP contribution is -2.49. The van der Waals surface area contributed by atoms with E-state index in [1.165, 1.54) is 24.1 Å². The van der Waals surface area contributed by atoms with Crippen LogP contribution in [-0.2, 0) is 6.42 Å². The molecule has 0 spiro atoms. The summed E-state index contributed by atoms with van der Waals surface area (Å²) in [4.78, 5) is 3.93. The second-order valence-electron chi connectivity index (χ2n) is 5.58. The third-order valence-corrected chi connectivity index (χ3v) is 5.04. The van der Waals surface area contributed by atoms with Gasteiger partial charge in [-0.2, -0.15) is 0 Å². The zero-order valence-corrected chi connectivity index (χ0v) is 11.8. The van der Waals surface area contributed by atoms with Gasteiger partial charge in [-0.15, -0.1) is 11.3 Å². The Morgan fingerprint density at radius 2 is 2.29 bits per heavy atom. The minimum Gasteiger partial charge on any atom is -0.325 e. The quantitative estimate of drug-likeness (QED) is 0.843. The van der Waals surface area contributed by atoms with Crippen molar-refractivity contribution in [1.82, 2.24) is 4.90 Å². The van der Waals surface area contributed by atoms with E-state index in [1.54, 1.807) is 0 Å². The minimum absolute atomic E-state index is 0.164. The van der Waals surface area contributed by atoms with Crippen LogP contribution < -0.4 is 5.73 Å². The summed E-state index contributed by atoms with van der Waals surface area (Å²) >= 11 is 1.86. The molecule has 96 valence electrons. The third kappa shape index (κ3) is 3.54. The van der Waals surface area contributed by atoms with E-state index < -0.39 is 0 Å². The van der Waals surface area contributed by atoms with E-state index in [0.29, 0.717) is 6.04 Å². The van der Waals surface area contributed by atoms with Gasteiger partial charge in [0, 0.05) is 16.5 Å². The van der Waals surface area contributed by atoms with Crippen LogP contribution in [0.1, 0.15) is 37.5 Å². The number of thiophene rings is 1. The van der Waals surface area contributed by atoms with Crippen LogP contribution in [0.2, 0.25) is 0 Å². The molecule has 0 radical (unpaired) electrons. The van der Waals surface area contributed by atoms with Crippen LogP contribution >= 0.6 is 11.3 Å². The van der Waals surface area contributed by atoms with Gasteiger partial charge in [-0.3, -0.25) is 0 Å². The monoisotopic (exact) mass is 252 g/mol. The number of likely N-dealkylation sites (N-methyl/N-ethyl adjacent to an activating group) is 1. The summed E-state index contributed by atoms with van der Waals surface area (Å²) < 4.78 is 0. The van der Waals surface area contributed by atoms with Gasteiger partial charge in [0.25, 0.3) is 0 Å². The Bertz CT molecular complexity index is 330. The van der Waals surface area contributed by atoms with Gasteiger partial charge in [-0.25, -0.2) is 0 Å². The molecular formula is C14H24N2S. The van der Waals surface area contributed by atoms with Gasteiger partial charge in [-0.05, 0) is 64.1 Å². The highest BCUT2D eigenvalue weighted by Gasteiger charge is 2.32. The van der Waals surface area contributed by atoms with Gasteiger partial charge in [0.1, 0.15) is 0 Å². The summed E-state index contributed by atoms with van der Waals surface area (Å²) in [7, 11) is 2.22. The first-order valence-electron chi connectivity index (χ1n) is 6.61. The van der Waals surface area contributed by atoms with Crippen LogP contribution in [0.4, 0.5) is 0 Å². The molecule has 2 rings (SSSR count). The summed E-state index contributed by atoms with van der Waals surface area (Å²) in [5, 5.41) is 2.16. The zero-order valence-electron chi connectivity index (χ0n) is 11.0. The molecule has 0 aromatic carbocycles. The summed E-state index contributed by atoms with van der Waals surface area (Å²) in [5.41, 5.74) is 6.43. The molecular weight excluding hydrogens is 228 g/mol. The first-order chi connectivity index (χ1) is 8.09. The van der Waals surface area contributed by atoms with Crippen molar-refractivity contribution in [2.24, 2.45) is 5.73 Å². The fourth-order valence-corrected chi connectivity index (χ4v) is 3.20. The molecule has 1 heterocycles. The van der Waals surface area contributed by atoms with Crippen molar-refractivity contribution in [2.75, 3.05) is 13.6 Å². The molecule has 17 heavy (non-hydrogen) atoms. The van der Waals surface area contributed by atoms with Crippen LogP contribution in [0.5, 0.6) is 0 Å². The smallest absolute Gasteiger partial charge is 0.0166 e. The molecule has 2 N–H and O–H groups in total. The molecule has 2 nitrogen and oxygen atoms in total. The Morgan fingerprint density at radius 3 is 2.82 bits per heavy atom. The van der Waals surface area contributed by atoms with Crippen molar-refractivity contribution in [1.29, 1.82) is 0 Å². The van der Waals surface area contributed by atoms with Gasteiger partial charge in [0.2, 0.25) is 0 Å². The highest BCUT2D eigenvalue weighted by molar-refractivity contribution is 7.09. The van der Waals surface area contributed by atoms with E-state index in [-0.39, 0.29) is 5.54 Å². The Kier molecular flexibility index (Phi) is 4.23. The normalized spacial score (nSPS) is 20.2. The highest BCUT2D eigenvalue weighted by Crippen LogP contribution is 2.32. The first kappa shape index (κ1) is 13.1. The summed E-state index contributed by atoms with van der Waals surface area (Å²) in [5.74, 6) is 0. The lowest BCUT2D eigenvalue weighted by atomic mass is 9.75. The van der Waals surface area contributed by atoms with Gasteiger partial charge >= 0.3 is 0 Å². The number of nitrogens with zero attached hydrogens (tertiary/aromatic N) is 1. The molecule has 1 aromatic rings. The summed E-state index contributed by atoms with van der Waals surface area (Å²) in [6.07, 6.45) is 6.08. The Balaban J connectivity index is 1.73. The summed E-state index contributed by atoms with van der Waals surface area (Å²) in [6.45, 7) is 3.44. The van der Waals surface area contributed by atoms with Gasteiger partial charge in [0.15, 0.2) is 0 Å². The maximum atomic E-state index is 6.26. The second-order valence-corrected chi connectivity index (χ2v) is 6.61. The second kappa shape index (κ2) is 5.51. The highest BCUT2D eigenvalue weighted by atomic mass is 32.1. The van der Waals surface area contributed by atoms with Crippen LogP contribution in [0.15, 0.2) is 17.5 Å². The average molecular weight is 252 g/mol. The minimum atomic E-state index is 0.164. The van der Waals surface area contributed by atoms with Crippen molar-refractivity contribution < 1.29 is 0 Å². The Hall–Kier alpha value is -0.380. The van der Waals surface area contributed by atoms with Crippen molar-refractivity contribution in [3.05, 3.63) is 22.4 Å². The first-order valence-corrected chi connectivity index (χ1v) is 7.48. The molecule has 0 saturated heterocycles. The van der Waals surface area contributed by atoms with E-state index in [4.69, 9.17) is 5.73 Å². The van der Waals surface area contributed by atoms with E-state index in [2.05, 4.69) is 36.4 Å². The van der Waals surface area contributed by atoms with E-state index in [1.807, 2.05) is 11.3 Å². The van der Waals surface area contributed by atoms with Gasteiger partial charge in [0.05, 0.1) is 0 Å². The molecule has 1 fully saturated rings. The van der Waals surface area contributed by atoms with Crippen LogP contribution in [0, 0.1) is 0 Å². The van der Waals surface area contributed by atoms with Crippen molar-refractivity contribution in [2.45, 2.75) is 50.6 Å². The third-order valence-electron chi connectivity index (χ3n) is 4.14. The summed E-state index contributed by atoms with van der Waals surface area (Å²) in [6, 6.07) is 4.97. The lowest BCUT2D eigenvalue weighted by molar-refractivity contribution is 0.175. The topological polar surface area (TPSA) is 29.3 Å². The van der Waals surface area contributed by atoms with E-state index >= 15 is 0 Å². The van der Waals surface area contributed by atoms with Crippen LogP contribution in [0.3, 0.4) is 0 Å². The maximum absolute atomic E-state index is 6.26. The SMILES string of the molecule is CC(Cc1cccs1)N(C)CCC1(N)CCC1. The molecule has 0 aliphatic heterocycles. The maximum Gasteiger partial charge on any atom is 0.0166 e. The van der Waals surface area contributed by atoms with E-state index in [9.17, 15) is 0 Å². The molecule has 0 bridgehead atoms.